The Morgan fingerprint density at radius 2 is 1.96 bits per heavy atom. The molecule has 1 aromatic carbocycles. The lowest BCUT2D eigenvalue weighted by atomic mass is 10.2. The standard InChI is InChI=1S/C19H28N2O2Si/c1-19(2,3)24(5,6)23-11-7-10-21-14-15(13-20)17-12-16(22-4)8-9-18(17)21/h8-9,12,14H,7,10-11H2,1-6H3. The van der Waals surface area contributed by atoms with Gasteiger partial charge in [0.2, 0.25) is 0 Å². The van der Waals surface area contributed by atoms with E-state index < -0.39 is 8.32 Å². The number of nitrogens with zero attached hydrogens (tertiary/aromatic N) is 2. The van der Waals surface area contributed by atoms with Crippen molar-refractivity contribution < 1.29 is 9.16 Å². The normalized spacial score (nSPS) is 12.4. The number of rotatable bonds is 6. The second-order valence-corrected chi connectivity index (χ2v) is 12.5. The zero-order valence-electron chi connectivity index (χ0n) is 15.6. The third kappa shape index (κ3) is 3.82. The van der Waals surface area contributed by atoms with Crippen molar-refractivity contribution in [3.8, 4) is 11.8 Å². The summed E-state index contributed by atoms with van der Waals surface area (Å²) in [6.45, 7) is 12.9. The number of ether oxygens (including phenoxy) is 1. The van der Waals surface area contributed by atoms with E-state index in [1.807, 2.05) is 24.4 Å². The minimum atomic E-state index is -1.69. The first-order chi connectivity index (χ1) is 11.2. The van der Waals surface area contributed by atoms with Crippen LogP contribution in [0.1, 0.15) is 32.8 Å². The van der Waals surface area contributed by atoms with E-state index in [4.69, 9.17) is 9.16 Å². The summed E-state index contributed by atoms with van der Waals surface area (Å²) < 4.78 is 13.6. The Hall–Kier alpha value is -1.77. The zero-order chi connectivity index (χ0) is 18.0. The lowest BCUT2D eigenvalue weighted by molar-refractivity contribution is 0.276. The first kappa shape index (κ1) is 18.6. The highest BCUT2D eigenvalue weighted by atomic mass is 28.4. The fourth-order valence-corrected chi connectivity index (χ4v) is 3.54. The van der Waals surface area contributed by atoms with Gasteiger partial charge in [0.15, 0.2) is 8.32 Å². The van der Waals surface area contributed by atoms with Gasteiger partial charge in [-0.15, -0.1) is 0 Å². The van der Waals surface area contributed by atoms with Gasteiger partial charge in [-0.25, -0.2) is 0 Å². The summed E-state index contributed by atoms with van der Waals surface area (Å²) in [7, 11) is -0.0477. The Morgan fingerprint density at radius 3 is 2.54 bits per heavy atom. The Bertz CT molecular complexity index is 751. The van der Waals surface area contributed by atoms with Gasteiger partial charge in [-0.3, -0.25) is 0 Å². The predicted molar refractivity (Wildman–Crippen MR) is 101 cm³/mol. The van der Waals surface area contributed by atoms with E-state index in [0.29, 0.717) is 5.56 Å². The van der Waals surface area contributed by atoms with Gasteiger partial charge < -0.3 is 13.7 Å². The van der Waals surface area contributed by atoms with Crippen molar-refractivity contribution >= 4 is 19.2 Å². The van der Waals surface area contributed by atoms with E-state index in [1.54, 1.807) is 7.11 Å². The van der Waals surface area contributed by atoms with Crippen molar-refractivity contribution in [2.75, 3.05) is 13.7 Å². The topological polar surface area (TPSA) is 47.2 Å². The van der Waals surface area contributed by atoms with Crippen LogP contribution in [0.5, 0.6) is 5.75 Å². The first-order valence-electron chi connectivity index (χ1n) is 8.40. The molecule has 1 aromatic heterocycles. The van der Waals surface area contributed by atoms with Gasteiger partial charge in [-0.05, 0) is 42.8 Å². The molecule has 0 fully saturated rings. The molecule has 2 rings (SSSR count). The molecule has 0 saturated heterocycles. The summed E-state index contributed by atoms with van der Waals surface area (Å²) in [6, 6.07) is 8.16. The fraction of sp³-hybridized carbons (Fsp3) is 0.526. The molecule has 2 aromatic rings. The van der Waals surface area contributed by atoms with Crippen LogP contribution in [-0.4, -0.2) is 26.6 Å². The van der Waals surface area contributed by atoms with Crippen LogP contribution in [0.2, 0.25) is 18.1 Å². The van der Waals surface area contributed by atoms with Crippen LogP contribution in [0, 0.1) is 11.3 Å². The number of aryl methyl sites for hydroxylation is 1. The molecule has 5 heteroatoms. The number of fused-ring (bicyclic) bond motifs is 1. The SMILES string of the molecule is COc1ccc2c(c1)c(C#N)cn2CCCO[Si](C)(C)C(C)(C)C. The summed E-state index contributed by atoms with van der Waals surface area (Å²) in [5, 5.41) is 10.5. The minimum Gasteiger partial charge on any atom is -0.497 e. The number of hydrogen-bond acceptors (Lipinski definition) is 3. The molecule has 0 aliphatic carbocycles. The Labute approximate surface area is 146 Å². The van der Waals surface area contributed by atoms with E-state index in [0.717, 1.165) is 36.2 Å². The highest BCUT2D eigenvalue weighted by molar-refractivity contribution is 6.74. The summed E-state index contributed by atoms with van der Waals surface area (Å²) in [5.74, 6) is 0.776. The highest BCUT2D eigenvalue weighted by Crippen LogP contribution is 2.36. The van der Waals surface area contributed by atoms with Gasteiger partial charge in [-0.1, -0.05) is 20.8 Å². The van der Waals surface area contributed by atoms with Crippen LogP contribution in [0.4, 0.5) is 0 Å². The maximum absolute atomic E-state index is 9.36. The van der Waals surface area contributed by atoms with Gasteiger partial charge in [0, 0.05) is 30.3 Å². The number of hydrogen-bond donors (Lipinski definition) is 0. The fourth-order valence-electron chi connectivity index (χ4n) is 2.46. The summed E-state index contributed by atoms with van der Waals surface area (Å²) >= 11 is 0. The molecular formula is C19H28N2O2Si. The molecule has 0 aliphatic heterocycles. The summed E-state index contributed by atoms with van der Waals surface area (Å²) in [6.07, 6.45) is 2.86. The molecule has 0 saturated carbocycles. The highest BCUT2D eigenvalue weighted by Gasteiger charge is 2.36. The van der Waals surface area contributed by atoms with E-state index >= 15 is 0 Å². The Kier molecular flexibility index (Phi) is 5.41. The van der Waals surface area contributed by atoms with Gasteiger partial charge in [0.1, 0.15) is 11.8 Å². The van der Waals surface area contributed by atoms with Crippen LogP contribution in [-0.2, 0) is 11.0 Å². The molecule has 0 N–H and O–H groups in total. The van der Waals surface area contributed by atoms with Crippen LogP contribution in [0.3, 0.4) is 0 Å². The van der Waals surface area contributed by atoms with Crippen molar-refractivity contribution in [2.45, 2.75) is 51.9 Å². The maximum Gasteiger partial charge on any atom is 0.191 e. The molecule has 0 spiro atoms. The van der Waals surface area contributed by atoms with Gasteiger partial charge in [0.25, 0.3) is 0 Å². The average molecular weight is 345 g/mol. The second-order valence-electron chi connectivity index (χ2n) is 7.69. The largest absolute Gasteiger partial charge is 0.497 e. The Morgan fingerprint density at radius 1 is 1.25 bits per heavy atom. The molecule has 1 heterocycles. The van der Waals surface area contributed by atoms with Crippen LogP contribution >= 0.6 is 0 Å². The third-order valence-corrected chi connectivity index (χ3v) is 9.56. The van der Waals surface area contributed by atoms with E-state index in [-0.39, 0.29) is 5.04 Å². The molecule has 0 aliphatic rings. The van der Waals surface area contributed by atoms with Crippen molar-refractivity contribution in [3.63, 3.8) is 0 Å². The lowest BCUT2D eigenvalue weighted by Gasteiger charge is -2.36. The molecule has 4 nitrogen and oxygen atoms in total. The van der Waals surface area contributed by atoms with E-state index in [1.165, 1.54) is 0 Å². The molecule has 0 atom stereocenters. The van der Waals surface area contributed by atoms with Crippen molar-refractivity contribution in [2.24, 2.45) is 0 Å². The van der Waals surface area contributed by atoms with Crippen LogP contribution < -0.4 is 4.74 Å². The van der Waals surface area contributed by atoms with Gasteiger partial charge in [-0.2, -0.15) is 5.26 Å². The number of aromatic nitrogens is 1. The molecule has 0 unspecified atom stereocenters. The smallest absolute Gasteiger partial charge is 0.191 e. The molecule has 0 radical (unpaired) electrons. The van der Waals surface area contributed by atoms with E-state index in [2.05, 4.69) is 44.5 Å². The van der Waals surface area contributed by atoms with Crippen LogP contribution in [0.25, 0.3) is 10.9 Å². The van der Waals surface area contributed by atoms with Gasteiger partial charge >= 0.3 is 0 Å². The minimum absolute atomic E-state index is 0.234. The average Bonchev–Trinajstić information content (AvgIpc) is 2.87. The number of benzene rings is 1. The molecule has 24 heavy (non-hydrogen) atoms. The number of nitriles is 1. The second kappa shape index (κ2) is 7.00. The molecule has 0 amide bonds. The number of methoxy groups -OCH3 is 1. The summed E-state index contributed by atoms with van der Waals surface area (Å²) in [5.41, 5.74) is 1.76. The maximum atomic E-state index is 9.36. The van der Waals surface area contributed by atoms with Crippen molar-refractivity contribution in [3.05, 3.63) is 30.0 Å². The quantitative estimate of drug-likeness (QED) is 0.551. The van der Waals surface area contributed by atoms with E-state index in [9.17, 15) is 5.26 Å². The summed E-state index contributed by atoms with van der Waals surface area (Å²) in [4.78, 5) is 0. The van der Waals surface area contributed by atoms with Gasteiger partial charge in [0.05, 0.1) is 12.7 Å². The molecule has 130 valence electrons. The van der Waals surface area contributed by atoms with Crippen molar-refractivity contribution in [1.82, 2.24) is 4.57 Å². The molecule has 0 bridgehead atoms. The Balaban J connectivity index is 2.08. The lowest BCUT2D eigenvalue weighted by Crippen LogP contribution is -2.41. The molecular weight excluding hydrogens is 316 g/mol. The first-order valence-corrected chi connectivity index (χ1v) is 11.3. The zero-order valence-corrected chi connectivity index (χ0v) is 16.6. The van der Waals surface area contributed by atoms with Crippen molar-refractivity contribution in [1.29, 1.82) is 5.26 Å². The third-order valence-electron chi connectivity index (χ3n) is 5.02. The predicted octanol–water partition coefficient (Wildman–Crippen LogP) is 4.93. The monoisotopic (exact) mass is 344 g/mol. The van der Waals surface area contributed by atoms with Crippen LogP contribution in [0.15, 0.2) is 24.4 Å².